The van der Waals surface area contributed by atoms with Gasteiger partial charge in [-0.25, -0.2) is 0 Å². The molecule has 0 heterocycles. The molecule has 2 atom stereocenters. The van der Waals surface area contributed by atoms with E-state index in [1.165, 1.54) is 45.4 Å². The Morgan fingerprint density at radius 1 is 0.647 bits per heavy atom. The van der Waals surface area contributed by atoms with Crippen LogP contribution in [0.5, 0.6) is 0 Å². The maximum atomic E-state index is 2.56. The van der Waals surface area contributed by atoms with Gasteiger partial charge in [0.15, 0.2) is 0 Å². The van der Waals surface area contributed by atoms with Crippen LogP contribution >= 0.6 is 0 Å². The molecule has 0 N–H and O–H groups in total. The molecule has 2 heteroatoms. The predicted octanol–water partition coefficient (Wildman–Crippen LogP) is 3.62. The Bertz CT molecular complexity index is 144. The Kier molecular flexibility index (Phi) is 9.85. The standard InChI is InChI=1S/C15H34N2/c1-7-16(8-2)14(5)12-11-13-15(6)17(9-3)10-4/h14-15H,7-13H2,1-6H3. The smallest absolute Gasteiger partial charge is 0.00667 e. The van der Waals surface area contributed by atoms with E-state index in [1.54, 1.807) is 0 Å². The Labute approximate surface area is 109 Å². The van der Waals surface area contributed by atoms with Crippen molar-refractivity contribution in [1.82, 2.24) is 9.80 Å². The summed E-state index contributed by atoms with van der Waals surface area (Å²) in [5.74, 6) is 0. The fourth-order valence-corrected chi connectivity index (χ4v) is 2.77. The van der Waals surface area contributed by atoms with Crippen molar-refractivity contribution >= 4 is 0 Å². The van der Waals surface area contributed by atoms with Gasteiger partial charge in [-0.05, 0) is 52.9 Å². The van der Waals surface area contributed by atoms with Crippen LogP contribution in [0, 0.1) is 0 Å². The minimum atomic E-state index is 0.744. The second-order valence-corrected chi connectivity index (χ2v) is 5.07. The SMILES string of the molecule is CCN(CC)C(C)CCCC(C)N(CC)CC. The van der Waals surface area contributed by atoms with Gasteiger partial charge in [-0.1, -0.05) is 34.1 Å². The first-order chi connectivity index (χ1) is 8.10. The van der Waals surface area contributed by atoms with Gasteiger partial charge in [0.2, 0.25) is 0 Å². The van der Waals surface area contributed by atoms with Crippen molar-refractivity contribution in [1.29, 1.82) is 0 Å². The van der Waals surface area contributed by atoms with Crippen molar-refractivity contribution in [3.8, 4) is 0 Å². The lowest BCUT2D eigenvalue weighted by Crippen LogP contribution is -2.34. The van der Waals surface area contributed by atoms with E-state index in [0.717, 1.165) is 12.1 Å². The molecule has 0 fully saturated rings. The van der Waals surface area contributed by atoms with E-state index in [9.17, 15) is 0 Å². The summed E-state index contributed by atoms with van der Waals surface area (Å²) >= 11 is 0. The molecule has 17 heavy (non-hydrogen) atoms. The molecular weight excluding hydrogens is 208 g/mol. The van der Waals surface area contributed by atoms with Crippen LogP contribution in [0.3, 0.4) is 0 Å². The lowest BCUT2D eigenvalue weighted by atomic mass is 10.1. The first-order valence-corrected chi connectivity index (χ1v) is 7.58. The Balaban J connectivity index is 3.82. The minimum Gasteiger partial charge on any atom is -0.301 e. The topological polar surface area (TPSA) is 6.48 Å². The van der Waals surface area contributed by atoms with Crippen molar-refractivity contribution in [3.05, 3.63) is 0 Å². The minimum absolute atomic E-state index is 0.744. The van der Waals surface area contributed by atoms with E-state index in [2.05, 4.69) is 51.3 Å². The van der Waals surface area contributed by atoms with Gasteiger partial charge >= 0.3 is 0 Å². The third kappa shape index (κ3) is 6.42. The summed E-state index contributed by atoms with van der Waals surface area (Å²) < 4.78 is 0. The van der Waals surface area contributed by atoms with Crippen LogP contribution in [-0.2, 0) is 0 Å². The predicted molar refractivity (Wildman–Crippen MR) is 78.6 cm³/mol. The fraction of sp³-hybridized carbons (Fsp3) is 1.00. The summed E-state index contributed by atoms with van der Waals surface area (Å²) in [6.45, 7) is 18.5. The van der Waals surface area contributed by atoms with E-state index < -0.39 is 0 Å². The van der Waals surface area contributed by atoms with Gasteiger partial charge in [-0.2, -0.15) is 0 Å². The number of hydrogen-bond donors (Lipinski definition) is 0. The molecule has 0 bridgehead atoms. The summed E-state index contributed by atoms with van der Waals surface area (Å²) in [5, 5.41) is 0. The van der Waals surface area contributed by atoms with E-state index in [1.807, 2.05) is 0 Å². The molecule has 0 aliphatic carbocycles. The Hall–Kier alpha value is -0.0800. The lowest BCUT2D eigenvalue weighted by molar-refractivity contribution is 0.193. The highest BCUT2D eigenvalue weighted by Crippen LogP contribution is 2.12. The molecule has 104 valence electrons. The monoisotopic (exact) mass is 242 g/mol. The zero-order chi connectivity index (χ0) is 13.3. The van der Waals surface area contributed by atoms with Crippen molar-refractivity contribution in [2.45, 2.75) is 72.9 Å². The Morgan fingerprint density at radius 3 is 1.18 bits per heavy atom. The molecule has 0 saturated heterocycles. The van der Waals surface area contributed by atoms with Gasteiger partial charge in [0.25, 0.3) is 0 Å². The molecule has 2 nitrogen and oxygen atoms in total. The van der Waals surface area contributed by atoms with Crippen LogP contribution in [-0.4, -0.2) is 48.1 Å². The lowest BCUT2D eigenvalue weighted by Gasteiger charge is -2.29. The van der Waals surface area contributed by atoms with E-state index in [-0.39, 0.29) is 0 Å². The molecule has 0 radical (unpaired) electrons. The van der Waals surface area contributed by atoms with Gasteiger partial charge < -0.3 is 9.80 Å². The highest BCUT2D eigenvalue weighted by atomic mass is 15.1. The third-order valence-corrected chi connectivity index (χ3v) is 4.12. The molecule has 0 saturated carbocycles. The summed E-state index contributed by atoms with van der Waals surface area (Å²) in [7, 11) is 0. The number of rotatable bonds is 10. The van der Waals surface area contributed by atoms with Crippen molar-refractivity contribution in [3.63, 3.8) is 0 Å². The molecular formula is C15H34N2. The Morgan fingerprint density at radius 2 is 0.941 bits per heavy atom. The third-order valence-electron chi connectivity index (χ3n) is 4.12. The van der Waals surface area contributed by atoms with Crippen molar-refractivity contribution < 1.29 is 0 Å². The van der Waals surface area contributed by atoms with E-state index >= 15 is 0 Å². The summed E-state index contributed by atoms with van der Waals surface area (Å²) in [6, 6.07) is 1.49. The first kappa shape index (κ1) is 16.9. The highest BCUT2D eigenvalue weighted by molar-refractivity contribution is 4.68. The van der Waals surface area contributed by atoms with Crippen LogP contribution in [0.25, 0.3) is 0 Å². The zero-order valence-electron chi connectivity index (χ0n) is 13.0. The zero-order valence-corrected chi connectivity index (χ0v) is 13.0. The molecule has 0 aromatic carbocycles. The van der Waals surface area contributed by atoms with E-state index in [4.69, 9.17) is 0 Å². The summed E-state index contributed by atoms with van der Waals surface area (Å²) in [6.07, 6.45) is 4.04. The van der Waals surface area contributed by atoms with Crippen LogP contribution < -0.4 is 0 Å². The fourth-order valence-electron chi connectivity index (χ4n) is 2.77. The maximum absolute atomic E-state index is 2.56. The second-order valence-electron chi connectivity index (χ2n) is 5.07. The molecule has 0 aromatic rings. The van der Waals surface area contributed by atoms with Gasteiger partial charge in [0.05, 0.1) is 0 Å². The summed E-state index contributed by atoms with van der Waals surface area (Å²) in [4.78, 5) is 5.12. The van der Waals surface area contributed by atoms with Gasteiger partial charge in [-0.15, -0.1) is 0 Å². The second kappa shape index (κ2) is 9.90. The number of nitrogens with zero attached hydrogens (tertiary/aromatic N) is 2. The van der Waals surface area contributed by atoms with Gasteiger partial charge in [0.1, 0.15) is 0 Å². The summed E-state index contributed by atoms with van der Waals surface area (Å²) in [5.41, 5.74) is 0. The maximum Gasteiger partial charge on any atom is 0.00667 e. The van der Waals surface area contributed by atoms with Crippen LogP contribution in [0.2, 0.25) is 0 Å². The van der Waals surface area contributed by atoms with E-state index in [0.29, 0.717) is 0 Å². The van der Waals surface area contributed by atoms with Crippen LogP contribution in [0.1, 0.15) is 60.8 Å². The van der Waals surface area contributed by atoms with Crippen molar-refractivity contribution in [2.24, 2.45) is 0 Å². The largest absolute Gasteiger partial charge is 0.301 e. The van der Waals surface area contributed by atoms with Crippen LogP contribution in [0.15, 0.2) is 0 Å². The normalized spacial score (nSPS) is 15.5. The number of hydrogen-bond acceptors (Lipinski definition) is 2. The van der Waals surface area contributed by atoms with Crippen molar-refractivity contribution in [2.75, 3.05) is 26.2 Å². The molecule has 2 unspecified atom stereocenters. The molecule has 0 aliphatic rings. The van der Waals surface area contributed by atoms with Gasteiger partial charge in [-0.3, -0.25) is 0 Å². The quantitative estimate of drug-likeness (QED) is 0.577. The average molecular weight is 242 g/mol. The highest BCUT2D eigenvalue weighted by Gasteiger charge is 2.12. The molecule has 0 spiro atoms. The first-order valence-electron chi connectivity index (χ1n) is 7.58. The molecule has 0 aliphatic heterocycles. The molecule has 0 amide bonds. The van der Waals surface area contributed by atoms with Crippen LogP contribution in [0.4, 0.5) is 0 Å². The van der Waals surface area contributed by atoms with Gasteiger partial charge in [0, 0.05) is 12.1 Å². The average Bonchev–Trinajstić information content (AvgIpc) is 2.32. The molecule has 0 aromatic heterocycles. The molecule has 0 rings (SSSR count).